The highest BCUT2D eigenvalue weighted by Crippen LogP contribution is 2.39. The summed E-state index contributed by atoms with van der Waals surface area (Å²) < 4.78 is 46.8. The molecule has 0 amide bonds. The second-order valence-electron chi connectivity index (χ2n) is 7.33. The van der Waals surface area contributed by atoms with Crippen molar-refractivity contribution in [2.24, 2.45) is 5.92 Å². The SMILES string of the molecule is COc1ccc(C2CCC(CCc3ccc(CO)c(F)c3)CC2)c(F)c1F. The summed E-state index contributed by atoms with van der Waals surface area (Å²) >= 11 is 0. The third-order valence-electron chi connectivity index (χ3n) is 5.71. The van der Waals surface area contributed by atoms with Crippen LogP contribution in [0, 0.1) is 23.4 Å². The molecule has 1 fully saturated rings. The van der Waals surface area contributed by atoms with Crippen LogP contribution in [-0.4, -0.2) is 12.2 Å². The lowest BCUT2D eigenvalue weighted by Gasteiger charge is -2.29. The first-order valence-corrected chi connectivity index (χ1v) is 9.43. The lowest BCUT2D eigenvalue weighted by Crippen LogP contribution is -2.15. The topological polar surface area (TPSA) is 29.5 Å². The van der Waals surface area contributed by atoms with Crippen molar-refractivity contribution in [2.45, 2.75) is 51.0 Å². The predicted octanol–water partition coefficient (Wildman–Crippen LogP) is 5.51. The number of hydrogen-bond donors (Lipinski definition) is 1. The van der Waals surface area contributed by atoms with Crippen molar-refractivity contribution in [3.8, 4) is 5.75 Å². The Hall–Kier alpha value is -2.01. The van der Waals surface area contributed by atoms with E-state index in [1.165, 1.54) is 19.2 Å². The second kappa shape index (κ2) is 8.79. The largest absolute Gasteiger partial charge is 0.494 e. The van der Waals surface area contributed by atoms with Gasteiger partial charge in [-0.05, 0) is 73.6 Å². The maximum Gasteiger partial charge on any atom is 0.200 e. The Morgan fingerprint density at radius 1 is 1.00 bits per heavy atom. The molecule has 3 rings (SSSR count). The molecule has 5 heteroatoms. The molecule has 0 radical (unpaired) electrons. The summed E-state index contributed by atoms with van der Waals surface area (Å²) in [7, 11) is 1.33. The fourth-order valence-electron chi connectivity index (χ4n) is 4.03. The minimum Gasteiger partial charge on any atom is -0.494 e. The number of halogens is 3. The average Bonchev–Trinajstić information content (AvgIpc) is 2.69. The van der Waals surface area contributed by atoms with Gasteiger partial charge in [0.1, 0.15) is 5.82 Å². The van der Waals surface area contributed by atoms with Gasteiger partial charge in [-0.15, -0.1) is 0 Å². The van der Waals surface area contributed by atoms with Gasteiger partial charge in [0.25, 0.3) is 0 Å². The minimum absolute atomic E-state index is 0.0305. The zero-order valence-electron chi connectivity index (χ0n) is 15.5. The van der Waals surface area contributed by atoms with Crippen molar-refractivity contribution in [3.05, 3.63) is 64.5 Å². The number of methoxy groups -OCH3 is 1. The van der Waals surface area contributed by atoms with Gasteiger partial charge >= 0.3 is 0 Å². The highest BCUT2D eigenvalue weighted by Gasteiger charge is 2.26. The summed E-state index contributed by atoms with van der Waals surface area (Å²) in [5, 5.41) is 9.03. The van der Waals surface area contributed by atoms with Gasteiger partial charge in [0, 0.05) is 5.56 Å². The Kier molecular flexibility index (Phi) is 6.42. The fraction of sp³-hybridized carbons (Fsp3) is 0.455. The first-order valence-electron chi connectivity index (χ1n) is 9.43. The van der Waals surface area contributed by atoms with Crippen LogP contribution >= 0.6 is 0 Å². The number of rotatable bonds is 6. The standard InChI is InChI=1S/C22H25F3O2/c1-27-20-11-10-18(21(24)22(20)25)16-7-4-14(5-8-16)2-3-15-6-9-17(13-26)19(23)12-15/h6,9-12,14,16,26H,2-5,7-8,13H2,1H3. The van der Waals surface area contributed by atoms with E-state index in [4.69, 9.17) is 9.84 Å². The van der Waals surface area contributed by atoms with E-state index in [0.29, 0.717) is 17.0 Å². The van der Waals surface area contributed by atoms with E-state index in [2.05, 4.69) is 0 Å². The van der Waals surface area contributed by atoms with Crippen LogP contribution in [0.3, 0.4) is 0 Å². The summed E-state index contributed by atoms with van der Waals surface area (Å²) in [6.07, 6.45) is 5.29. The molecule has 146 valence electrons. The first-order chi connectivity index (χ1) is 13.0. The van der Waals surface area contributed by atoms with Crippen molar-refractivity contribution < 1.29 is 23.0 Å². The smallest absolute Gasteiger partial charge is 0.200 e. The molecule has 0 unspecified atom stereocenters. The quantitative estimate of drug-likeness (QED) is 0.718. The van der Waals surface area contributed by atoms with Crippen LogP contribution in [0.15, 0.2) is 30.3 Å². The first kappa shape index (κ1) is 19.7. The van der Waals surface area contributed by atoms with Crippen LogP contribution < -0.4 is 4.74 Å². The molecule has 2 aromatic carbocycles. The molecule has 0 heterocycles. The monoisotopic (exact) mass is 378 g/mol. The highest BCUT2D eigenvalue weighted by atomic mass is 19.2. The van der Waals surface area contributed by atoms with Crippen molar-refractivity contribution in [2.75, 3.05) is 7.11 Å². The number of aliphatic hydroxyl groups is 1. The lowest BCUT2D eigenvalue weighted by atomic mass is 9.76. The number of benzene rings is 2. The van der Waals surface area contributed by atoms with Crippen molar-refractivity contribution >= 4 is 0 Å². The predicted molar refractivity (Wildman–Crippen MR) is 98.3 cm³/mol. The van der Waals surface area contributed by atoms with E-state index >= 15 is 0 Å². The van der Waals surface area contributed by atoms with Gasteiger partial charge in [0.2, 0.25) is 5.82 Å². The molecular formula is C22H25F3O2. The van der Waals surface area contributed by atoms with E-state index in [0.717, 1.165) is 44.1 Å². The molecule has 1 aliphatic carbocycles. The Morgan fingerprint density at radius 2 is 1.74 bits per heavy atom. The van der Waals surface area contributed by atoms with Crippen LogP contribution in [0.4, 0.5) is 13.2 Å². The normalized spacial score (nSPS) is 19.9. The third-order valence-corrected chi connectivity index (χ3v) is 5.71. The molecule has 0 aromatic heterocycles. The molecule has 0 saturated heterocycles. The number of aryl methyl sites for hydroxylation is 1. The van der Waals surface area contributed by atoms with Gasteiger partial charge in [-0.25, -0.2) is 8.78 Å². The summed E-state index contributed by atoms with van der Waals surface area (Å²) in [5.41, 5.74) is 1.68. The Bertz CT molecular complexity index is 783. The van der Waals surface area contributed by atoms with E-state index in [1.807, 2.05) is 6.07 Å². The molecule has 1 N–H and O–H groups in total. The van der Waals surface area contributed by atoms with Crippen LogP contribution in [0.2, 0.25) is 0 Å². The van der Waals surface area contributed by atoms with Crippen LogP contribution in [0.5, 0.6) is 5.75 Å². The number of hydrogen-bond acceptors (Lipinski definition) is 2. The van der Waals surface area contributed by atoms with E-state index in [-0.39, 0.29) is 24.1 Å². The van der Waals surface area contributed by atoms with Crippen molar-refractivity contribution in [3.63, 3.8) is 0 Å². The molecule has 2 aromatic rings. The Balaban J connectivity index is 1.55. The van der Waals surface area contributed by atoms with Gasteiger partial charge in [0.15, 0.2) is 11.6 Å². The molecule has 0 spiro atoms. The molecule has 0 bridgehead atoms. The minimum atomic E-state index is -0.912. The van der Waals surface area contributed by atoms with Gasteiger partial charge in [-0.1, -0.05) is 18.2 Å². The summed E-state index contributed by atoms with van der Waals surface area (Å²) in [4.78, 5) is 0. The lowest BCUT2D eigenvalue weighted by molar-refractivity contribution is 0.275. The molecule has 2 nitrogen and oxygen atoms in total. The van der Waals surface area contributed by atoms with Gasteiger partial charge < -0.3 is 9.84 Å². The van der Waals surface area contributed by atoms with Gasteiger partial charge in [-0.2, -0.15) is 4.39 Å². The van der Waals surface area contributed by atoms with E-state index in [1.54, 1.807) is 12.1 Å². The van der Waals surface area contributed by atoms with Crippen LogP contribution in [0.1, 0.15) is 54.7 Å². The van der Waals surface area contributed by atoms with Gasteiger partial charge in [0.05, 0.1) is 13.7 Å². The molecule has 0 atom stereocenters. The Morgan fingerprint density at radius 3 is 2.37 bits per heavy atom. The second-order valence-corrected chi connectivity index (χ2v) is 7.33. The molecule has 27 heavy (non-hydrogen) atoms. The number of ether oxygens (including phenoxy) is 1. The van der Waals surface area contributed by atoms with Crippen molar-refractivity contribution in [1.29, 1.82) is 0 Å². The van der Waals surface area contributed by atoms with E-state index < -0.39 is 11.6 Å². The number of aliphatic hydroxyl groups excluding tert-OH is 1. The molecular weight excluding hydrogens is 353 g/mol. The maximum absolute atomic E-state index is 14.3. The van der Waals surface area contributed by atoms with Crippen molar-refractivity contribution in [1.82, 2.24) is 0 Å². The molecule has 1 saturated carbocycles. The molecule has 0 aliphatic heterocycles. The maximum atomic E-state index is 14.3. The van der Waals surface area contributed by atoms with Crippen LogP contribution in [0.25, 0.3) is 0 Å². The summed E-state index contributed by atoms with van der Waals surface area (Å²) in [6, 6.07) is 8.10. The van der Waals surface area contributed by atoms with Crippen LogP contribution in [-0.2, 0) is 13.0 Å². The van der Waals surface area contributed by atoms with E-state index in [9.17, 15) is 13.2 Å². The summed E-state index contributed by atoms with van der Waals surface area (Å²) in [5.74, 6) is -1.60. The zero-order chi connectivity index (χ0) is 19.4. The zero-order valence-corrected chi connectivity index (χ0v) is 15.5. The third kappa shape index (κ3) is 4.46. The highest BCUT2D eigenvalue weighted by molar-refractivity contribution is 5.33. The average molecular weight is 378 g/mol. The Labute approximate surface area is 158 Å². The summed E-state index contributed by atoms with van der Waals surface area (Å²) in [6.45, 7) is -0.293. The fourth-order valence-corrected chi connectivity index (χ4v) is 4.03. The van der Waals surface area contributed by atoms with Gasteiger partial charge in [-0.3, -0.25) is 0 Å². The molecule has 1 aliphatic rings.